The lowest BCUT2D eigenvalue weighted by Gasteiger charge is -2.09. The summed E-state index contributed by atoms with van der Waals surface area (Å²) in [7, 11) is 3.20. The number of aryl methyl sites for hydroxylation is 2. The van der Waals surface area contributed by atoms with Gasteiger partial charge in [0.25, 0.3) is 0 Å². The Morgan fingerprint density at radius 1 is 1.53 bits per heavy atom. The smallest absolute Gasteiger partial charge is 0.373 e. The lowest BCUT2D eigenvalue weighted by Crippen LogP contribution is -2.06. The molecule has 0 aromatic carbocycles. The number of hydrogen-bond acceptors (Lipinski definition) is 5. The highest BCUT2D eigenvalue weighted by Gasteiger charge is 2.16. The minimum Gasteiger partial charge on any atom is -0.463 e. The lowest BCUT2D eigenvalue weighted by atomic mass is 10.2. The molecule has 2 aromatic rings. The zero-order chi connectivity index (χ0) is 14.0. The van der Waals surface area contributed by atoms with Gasteiger partial charge in [-0.1, -0.05) is 0 Å². The van der Waals surface area contributed by atoms with Crippen molar-refractivity contribution in [2.75, 3.05) is 12.4 Å². The first-order valence-corrected chi connectivity index (χ1v) is 5.96. The van der Waals surface area contributed by atoms with Crippen LogP contribution in [0, 0.1) is 6.92 Å². The maximum atomic E-state index is 11.3. The topological polar surface area (TPSA) is 69.3 Å². The average molecular weight is 263 g/mol. The third-order valence-electron chi connectivity index (χ3n) is 2.92. The fraction of sp³-hybridized carbons (Fsp3) is 0.385. The quantitative estimate of drug-likeness (QED) is 0.857. The summed E-state index contributed by atoms with van der Waals surface area (Å²) in [6.45, 7) is 3.91. The molecule has 6 heteroatoms. The van der Waals surface area contributed by atoms with E-state index in [1.807, 2.05) is 27.0 Å². The van der Waals surface area contributed by atoms with E-state index in [1.54, 1.807) is 16.8 Å². The van der Waals surface area contributed by atoms with E-state index in [0.29, 0.717) is 5.76 Å². The van der Waals surface area contributed by atoms with Crippen molar-refractivity contribution in [2.24, 2.45) is 7.05 Å². The second-order valence-corrected chi connectivity index (χ2v) is 4.35. The molecule has 1 atom stereocenters. The highest BCUT2D eigenvalue weighted by atomic mass is 16.5. The predicted molar refractivity (Wildman–Crippen MR) is 70.0 cm³/mol. The van der Waals surface area contributed by atoms with Gasteiger partial charge in [-0.3, -0.25) is 4.68 Å². The molecule has 0 aliphatic heterocycles. The standard InChI is InChI=1S/C13H17N3O3/c1-8-7-12(15-16(8)3)14-9(2)10-5-6-11(19-10)13(17)18-4/h5-7,9H,1-4H3,(H,14,15). The van der Waals surface area contributed by atoms with Crippen molar-refractivity contribution in [3.8, 4) is 0 Å². The van der Waals surface area contributed by atoms with Crippen LogP contribution in [0.5, 0.6) is 0 Å². The number of nitrogens with one attached hydrogen (secondary N) is 1. The average Bonchev–Trinajstić information content (AvgIpc) is 2.97. The number of carbonyl (C=O) groups is 1. The predicted octanol–water partition coefficient (Wildman–Crippen LogP) is 2.28. The number of furan rings is 1. The van der Waals surface area contributed by atoms with E-state index in [1.165, 1.54) is 7.11 Å². The molecule has 2 heterocycles. The number of nitrogens with zero attached hydrogens (tertiary/aromatic N) is 2. The van der Waals surface area contributed by atoms with E-state index >= 15 is 0 Å². The van der Waals surface area contributed by atoms with E-state index < -0.39 is 5.97 Å². The molecule has 1 unspecified atom stereocenters. The van der Waals surface area contributed by atoms with Gasteiger partial charge in [0.05, 0.1) is 13.2 Å². The van der Waals surface area contributed by atoms with Gasteiger partial charge in [-0.25, -0.2) is 4.79 Å². The van der Waals surface area contributed by atoms with Crippen LogP contribution >= 0.6 is 0 Å². The summed E-state index contributed by atoms with van der Waals surface area (Å²) in [5.41, 5.74) is 1.06. The van der Waals surface area contributed by atoms with Crippen molar-refractivity contribution < 1.29 is 13.9 Å². The Labute approximate surface area is 111 Å². The summed E-state index contributed by atoms with van der Waals surface area (Å²) in [6, 6.07) is 5.20. The molecule has 102 valence electrons. The first kappa shape index (κ1) is 13.2. The second-order valence-electron chi connectivity index (χ2n) is 4.35. The first-order chi connectivity index (χ1) is 9.01. The number of esters is 1. The highest BCUT2D eigenvalue weighted by Crippen LogP contribution is 2.21. The van der Waals surface area contributed by atoms with Crippen molar-refractivity contribution in [1.29, 1.82) is 0 Å². The van der Waals surface area contributed by atoms with Crippen LogP contribution in [0.2, 0.25) is 0 Å². The molecule has 0 aliphatic carbocycles. The van der Waals surface area contributed by atoms with Crippen LogP contribution in [0.15, 0.2) is 22.6 Å². The molecule has 0 saturated heterocycles. The van der Waals surface area contributed by atoms with Crippen LogP contribution in [0.25, 0.3) is 0 Å². The summed E-state index contributed by atoms with van der Waals surface area (Å²) < 4.78 is 11.8. The van der Waals surface area contributed by atoms with Crippen molar-refractivity contribution in [1.82, 2.24) is 9.78 Å². The summed E-state index contributed by atoms with van der Waals surface area (Å²) in [6.07, 6.45) is 0. The summed E-state index contributed by atoms with van der Waals surface area (Å²) in [5, 5.41) is 7.52. The number of carbonyl (C=O) groups excluding carboxylic acids is 1. The van der Waals surface area contributed by atoms with Crippen molar-refractivity contribution in [3.05, 3.63) is 35.4 Å². The van der Waals surface area contributed by atoms with Gasteiger partial charge in [-0.05, 0) is 26.0 Å². The molecule has 1 N–H and O–H groups in total. The fourth-order valence-corrected chi connectivity index (χ4v) is 1.72. The monoisotopic (exact) mass is 263 g/mol. The number of anilines is 1. The molecule has 0 radical (unpaired) electrons. The van der Waals surface area contributed by atoms with Crippen LogP contribution in [0.1, 0.15) is 35.0 Å². The van der Waals surface area contributed by atoms with Crippen LogP contribution in [-0.2, 0) is 11.8 Å². The summed E-state index contributed by atoms with van der Waals surface area (Å²) in [5.74, 6) is 1.14. The number of hydrogen-bond donors (Lipinski definition) is 1. The fourth-order valence-electron chi connectivity index (χ4n) is 1.72. The second kappa shape index (κ2) is 5.17. The Kier molecular flexibility index (Phi) is 3.59. The summed E-state index contributed by atoms with van der Waals surface area (Å²) >= 11 is 0. The zero-order valence-corrected chi connectivity index (χ0v) is 11.4. The Balaban J connectivity index is 2.09. The Bertz CT molecular complexity index is 566. The maximum absolute atomic E-state index is 11.3. The third kappa shape index (κ3) is 2.78. The van der Waals surface area contributed by atoms with Crippen LogP contribution < -0.4 is 5.32 Å². The molecule has 2 aromatic heterocycles. The zero-order valence-electron chi connectivity index (χ0n) is 11.4. The lowest BCUT2D eigenvalue weighted by molar-refractivity contribution is 0.0562. The van der Waals surface area contributed by atoms with Gasteiger partial charge in [0.2, 0.25) is 5.76 Å². The highest BCUT2D eigenvalue weighted by molar-refractivity contribution is 5.86. The molecule has 0 amide bonds. The van der Waals surface area contributed by atoms with Gasteiger partial charge < -0.3 is 14.5 Å². The number of ether oxygens (including phenoxy) is 1. The van der Waals surface area contributed by atoms with Crippen LogP contribution in [0.4, 0.5) is 5.82 Å². The Morgan fingerprint density at radius 2 is 2.26 bits per heavy atom. The van der Waals surface area contributed by atoms with Gasteiger partial charge in [0.1, 0.15) is 11.6 Å². The number of methoxy groups -OCH3 is 1. The molecule has 0 bridgehead atoms. The van der Waals surface area contributed by atoms with Gasteiger partial charge in [0.15, 0.2) is 0 Å². The number of aromatic nitrogens is 2. The van der Waals surface area contributed by atoms with E-state index in [-0.39, 0.29) is 11.8 Å². The molecule has 0 saturated carbocycles. The van der Waals surface area contributed by atoms with Gasteiger partial charge in [-0.2, -0.15) is 5.10 Å². The largest absolute Gasteiger partial charge is 0.463 e. The molecule has 19 heavy (non-hydrogen) atoms. The Morgan fingerprint density at radius 3 is 2.84 bits per heavy atom. The molecule has 0 aliphatic rings. The van der Waals surface area contributed by atoms with E-state index in [4.69, 9.17) is 4.42 Å². The minimum atomic E-state index is -0.480. The first-order valence-electron chi connectivity index (χ1n) is 5.96. The van der Waals surface area contributed by atoms with Crippen LogP contribution in [0.3, 0.4) is 0 Å². The molecule has 6 nitrogen and oxygen atoms in total. The van der Waals surface area contributed by atoms with Gasteiger partial charge in [-0.15, -0.1) is 0 Å². The SMILES string of the molecule is COC(=O)c1ccc(C(C)Nc2cc(C)n(C)n2)o1. The maximum Gasteiger partial charge on any atom is 0.373 e. The molecule has 2 rings (SSSR count). The third-order valence-corrected chi connectivity index (χ3v) is 2.92. The normalized spacial score (nSPS) is 12.2. The molecular weight excluding hydrogens is 246 g/mol. The van der Waals surface area contributed by atoms with E-state index in [2.05, 4.69) is 15.2 Å². The van der Waals surface area contributed by atoms with Crippen LogP contribution in [-0.4, -0.2) is 22.9 Å². The molecule has 0 fully saturated rings. The molecular formula is C13H17N3O3. The van der Waals surface area contributed by atoms with Crippen molar-refractivity contribution >= 4 is 11.8 Å². The van der Waals surface area contributed by atoms with Crippen molar-refractivity contribution in [3.63, 3.8) is 0 Å². The Hall–Kier alpha value is -2.24. The van der Waals surface area contributed by atoms with Gasteiger partial charge >= 0.3 is 5.97 Å². The summed E-state index contributed by atoms with van der Waals surface area (Å²) in [4.78, 5) is 11.3. The van der Waals surface area contributed by atoms with Crippen molar-refractivity contribution in [2.45, 2.75) is 19.9 Å². The van der Waals surface area contributed by atoms with E-state index in [0.717, 1.165) is 11.5 Å². The number of rotatable bonds is 4. The van der Waals surface area contributed by atoms with Gasteiger partial charge in [0, 0.05) is 18.8 Å². The molecule has 0 spiro atoms. The van der Waals surface area contributed by atoms with E-state index in [9.17, 15) is 4.79 Å². The minimum absolute atomic E-state index is 0.0901.